The van der Waals surface area contributed by atoms with E-state index in [0.717, 1.165) is 21.8 Å². The van der Waals surface area contributed by atoms with Gasteiger partial charge in [0.1, 0.15) is 15.6 Å². The van der Waals surface area contributed by atoms with Crippen molar-refractivity contribution in [3.05, 3.63) is 81.0 Å². The van der Waals surface area contributed by atoms with Crippen molar-refractivity contribution in [3.8, 4) is 0 Å². The molecule has 2 heterocycles. The van der Waals surface area contributed by atoms with E-state index in [-0.39, 0.29) is 22.5 Å². The molecule has 0 atom stereocenters. The highest BCUT2D eigenvalue weighted by Crippen LogP contribution is 2.32. The van der Waals surface area contributed by atoms with Crippen LogP contribution >= 0.6 is 22.9 Å². The largest absolute Gasteiger partial charge is 0.462 e. The summed E-state index contributed by atoms with van der Waals surface area (Å²) >= 11 is 7.23. The number of nitrogens with one attached hydrogen (secondary N) is 2. The summed E-state index contributed by atoms with van der Waals surface area (Å²) in [6.45, 7) is 5.41. The number of rotatable bonds is 7. The third kappa shape index (κ3) is 4.86. The molecule has 11 heteroatoms. The number of thiazole rings is 1. The molecule has 184 valence electrons. The predicted molar refractivity (Wildman–Crippen MR) is 137 cm³/mol. The molecule has 0 bridgehead atoms. The Balaban J connectivity index is 1.46. The van der Waals surface area contributed by atoms with Crippen molar-refractivity contribution in [2.75, 3.05) is 22.1 Å². The van der Waals surface area contributed by atoms with E-state index < -0.39 is 23.7 Å². The van der Waals surface area contributed by atoms with Crippen LogP contribution in [0.15, 0.2) is 59.3 Å². The minimum Gasteiger partial charge on any atom is -0.462 e. The van der Waals surface area contributed by atoms with Crippen LogP contribution in [0.3, 0.4) is 0 Å². The van der Waals surface area contributed by atoms with Gasteiger partial charge in [0.05, 0.1) is 18.0 Å². The van der Waals surface area contributed by atoms with Crippen molar-refractivity contribution < 1.29 is 23.9 Å². The normalized spacial score (nSPS) is 13.3. The topological polar surface area (TPSA) is 118 Å². The maximum Gasteiger partial charge on any atom is 0.350 e. The number of hydrogen-bond acceptors (Lipinski definition) is 8. The molecule has 0 unspecified atom stereocenters. The monoisotopic (exact) mass is 524 g/mol. The van der Waals surface area contributed by atoms with Crippen molar-refractivity contribution in [1.82, 2.24) is 4.98 Å². The second kappa shape index (κ2) is 10.3. The fourth-order valence-electron chi connectivity index (χ4n) is 3.50. The zero-order valence-corrected chi connectivity index (χ0v) is 21.1. The van der Waals surface area contributed by atoms with E-state index >= 15 is 0 Å². The molecule has 0 spiro atoms. The second-order valence-electron chi connectivity index (χ2n) is 7.73. The molecule has 3 aromatic rings. The number of benzene rings is 2. The van der Waals surface area contributed by atoms with Crippen LogP contribution in [0.5, 0.6) is 0 Å². The van der Waals surface area contributed by atoms with Crippen molar-refractivity contribution >= 4 is 63.1 Å². The van der Waals surface area contributed by atoms with Crippen LogP contribution < -0.4 is 15.5 Å². The number of hydrogen-bond donors (Lipinski definition) is 2. The Morgan fingerprint density at radius 2 is 1.75 bits per heavy atom. The van der Waals surface area contributed by atoms with Gasteiger partial charge in [0.2, 0.25) is 0 Å². The Labute approximate surface area is 215 Å². The summed E-state index contributed by atoms with van der Waals surface area (Å²) in [6.07, 6.45) is 0. The SMILES string of the molecule is CCOC(=O)c1sc(NC(=O)c2ccc(NC3=C(Cl)C(=O)N(c4ccccc4C)C3=O)cc2)nc1C. The standard InChI is InChI=1S/C25H21ClN4O5S/c1-4-35-24(34)20-14(3)27-25(36-20)29-21(31)15-9-11-16(12-10-15)28-19-18(26)22(32)30(23(19)33)17-8-6-5-7-13(17)2/h5-12,28H,4H2,1-3H3,(H,27,29,31). The summed E-state index contributed by atoms with van der Waals surface area (Å²) < 4.78 is 4.99. The summed E-state index contributed by atoms with van der Waals surface area (Å²) in [6, 6.07) is 13.3. The average Bonchev–Trinajstić information content (AvgIpc) is 3.32. The molecule has 3 amide bonds. The Hall–Kier alpha value is -4.02. The highest BCUT2D eigenvalue weighted by Gasteiger charge is 2.39. The van der Waals surface area contributed by atoms with Gasteiger partial charge in [-0.05, 0) is 56.7 Å². The van der Waals surface area contributed by atoms with Gasteiger partial charge in [0.25, 0.3) is 17.7 Å². The summed E-state index contributed by atoms with van der Waals surface area (Å²) in [5.41, 5.74) is 2.41. The quantitative estimate of drug-likeness (QED) is 0.342. The number of nitrogens with zero attached hydrogens (tertiary/aromatic N) is 2. The van der Waals surface area contributed by atoms with Gasteiger partial charge in [-0.3, -0.25) is 19.7 Å². The molecule has 0 radical (unpaired) electrons. The number of imide groups is 1. The first-order valence-electron chi connectivity index (χ1n) is 10.9. The Kier molecular flexibility index (Phi) is 7.18. The fourth-order valence-corrected chi connectivity index (χ4v) is 4.57. The lowest BCUT2D eigenvalue weighted by atomic mass is 10.2. The zero-order valence-electron chi connectivity index (χ0n) is 19.5. The maximum atomic E-state index is 13.0. The predicted octanol–water partition coefficient (Wildman–Crippen LogP) is 4.62. The molecule has 0 fully saturated rings. The minimum atomic E-state index is -0.615. The summed E-state index contributed by atoms with van der Waals surface area (Å²) in [5.74, 6) is -2.11. The Morgan fingerprint density at radius 1 is 1.06 bits per heavy atom. The fraction of sp³-hybridized carbons (Fsp3) is 0.160. The molecular formula is C25H21ClN4O5S. The molecule has 4 rings (SSSR count). The molecular weight excluding hydrogens is 504 g/mol. The van der Waals surface area contributed by atoms with Crippen LogP contribution in [0.2, 0.25) is 0 Å². The number of anilines is 3. The lowest BCUT2D eigenvalue weighted by Crippen LogP contribution is -2.32. The number of carbonyl (C=O) groups excluding carboxylic acids is 4. The van der Waals surface area contributed by atoms with E-state index in [4.69, 9.17) is 16.3 Å². The highest BCUT2D eigenvalue weighted by molar-refractivity contribution is 7.17. The van der Waals surface area contributed by atoms with Crippen LogP contribution in [-0.2, 0) is 14.3 Å². The van der Waals surface area contributed by atoms with E-state index in [1.807, 2.05) is 6.07 Å². The van der Waals surface area contributed by atoms with Gasteiger partial charge in [-0.15, -0.1) is 0 Å². The number of halogens is 1. The van der Waals surface area contributed by atoms with Crippen molar-refractivity contribution in [2.45, 2.75) is 20.8 Å². The number of amides is 3. The van der Waals surface area contributed by atoms with Gasteiger partial charge in [0, 0.05) is 11.3 Å². The number of para-hydroxylation sites is 1. The van der Waals surface area contributed by atoms with Crippen molar-refractivity contribution in [2.24, 2.45) is 0 Å². The summed E-state index contributed by atoms with van der Waals surface area (Å²) in [7, 11) is 0. The van der Waals surface area contributed by atoms with Gasteiger partial charge in [0.15, 0.2) is 5.13 Å². The second-order valence-corrected chi connectivity index (χ2v) is 9.11. The third-order valence-corrected chi connectivity index (χ3v) is 6.68. The van der Waals surface area contributed by atoms with Crippen molar-refractivity contribution in [3.63, 3.8) is 0 Å². The maximum absolute atomic E-state index is 13.0. The average molecular weight is 525 g/mol. The van der Waals surface area contributed by atoms with E-state index in [0.29, 0.717) is 27.5 Å². The number of carbonyl (C=O) groups is 4. The van der Waals surface area contributed by atoms with Crippen LogP contribution in [-0.4, -0.2) is 35.3 Å². The highest BCUT2D eigenvalue weighted by atomic mass is 35.5. The Morgan fingerprint density at radius 3 is 2.42 bits per heavy atom. The minimum absolute atomic E-state index is 0.0492. The van der Waals surface area contributed by atoms with E-state index in [2.05, 4.69) is 15.6 Å². The van der Waals surface area contributed by atoms with Crippen LogP contribution in [0.1, 0.15) is 38.2 Å². The van der Waals surface area contributed by atoms with Gasteiger partial charge < -0.3 is 10.1 Å². The molecule has 2 N–H and O–H groups in total. The van der Waals surface area contributed by atoms with Gasteiger partial charge >= 0.3 is 5.97 Å². The van der Waals surface area contributed by atoms with Crippen LogP contribution in [0, 0.1) is 13.8 Å². The molecule has 9 nitrogen and oxygen atoms in total. The third-order valence-electron chi connectivity index (χ3n) is 5.28. The number of aryl methyl sites for hydroxylation is 2. The molecule has 1 aliphatic heterocycles. The molecule has 0 aliphatic carbocycles. The first-order chi connectivity index (χ1) is 17.2. The number of esters is 1. The lowest BCUT2D eigenvalue weighted by Gasteiger charge is -2.17. The first-order valence-corrected chi connectivity index (χ1v) is 12.1. The molecule has 0 saturated carbocycles. The van der Waals surface area contributed by atoms with Gasteiger partial charge in [-0.1, -0.05) is 41.1 Å². The summed E-state index contributed by atoms with van der Waals surface area (Å²) in [5, 5.41) is 5.59. The van der Waals surface area contributed by atoms with Crippen LogP contribution in [0.25, 0.3) is 0 Å². The van der Waals surface area contributed by atoms with Crippen molar-refractivity contribution in [1.29, 1.82) is 0 Å². The molecule has 1 aliphatic rings. The Bertz CT molecular complexity index is 1410. The first kappa shape index (κ1) is 25.1. The molecule has 1 aromatic heterocycles. The molecule has 2 aromatic carbocycles. The summed E-state index contributed by atoms with van der Waals surface area (Å²) in [4.78, 5) is 55.8. The van der Waals surface area contributed by atoms with E-state index in [9.17, 15) is 19.2 Å². The van der Waals surface area contributed by atoms with Gasteiger partial charge in [-0.25, -0.2) is 14.7 Å². The lowest BCUT2D eigenvalue weighted by molar-refractivity contribution is -0.120. The number of ether oxygens (including phenoxy) is 1. The number of aromatic nitrogens is 1. The smallest absolute Gasteiger partial charge is 0.350 e. The van der Waals surface area contributed by atoms with Gasteiger partial charge in [-0.2, -0.15) is 0 Å². The van der Waals surface area contributed by atoms with E-state index in [1.54, 1.807) is 63.2 Å². The zero-order chi connectivity index (χ0) is 26.0. The molecule has 36 heavy (non-hydrogen) atoms. The van der Waals surface area contributed by atoms with Crippen LogP contribution in [0.4, 0.5) is 16.5 Å². The van der Waals surface area contributed by atoms with E-state index in [1.165, 1.54) is 0 Å². The molecule has 0 saturated heterocycles.